The Bertz CT molecular complexity index is 3330. The van der Waals surface area contributed by atoms with E-state index in [1.807, 2.05) is 6.07 Å². The third kappa shape index (κ3) is 5.31. The van der Waals surface area contributed by atoms with Crippen molar-refractivity contribution in [3.8, 4) is 32.8 Å². The summed E-state index contributed by atoms with van der Waals surface area (Å²) in [4.78, 5) is 7.43. The van der Waals surface area contributed by atoms with E-state index in [2.05, 4.69) is 217 Å². The van der Waals surface area contributed by atoms with Crippen LogP contribution >= 0.6 is 11.3 Å². The third-order valence-electron chi connectivity index (χ3n) is 12.2. The van der Waals surface area contributed by atoms with Crippen LogP contribution in [0.4, 0.5) is 17.1 Å². The van der Waals surface area contributed by atoms with Gasteiger partial charge in [-0.3, -0.25) is 0 Å². The molecule has 3 nitrogen and oxygen atoms in total. The molecule has 2 aromatic heterocycles. The van der Waals surface area contributed by atoms with Crippen molar-refractivity contribution in [2.45, 2.75) is 5.41 Å². The lowest BCUT2D eigenvalue weighted by Crippen LogP contribution is -2.28. The largest absolute Gasteiger partial charge is 0.456 e. The first-order valence-corrected chi connectivity index (χ1v) is 21.2. The molecule has 0 atom stereocenters. The summed E-state index contributed by atoms with van der Waals surface area (Å²) in [6.45, 7) is 0. The Morgan fingerprint density at radius 3 is 1.87 bits per heavy atom. The maximum atomic E-state index is 6.46. The molecule has 0 radical (unpaired) electrons. The van der Waals surface area contributed by atoms with Gasteiger partial charge < -0.3 is 9.32 Å². The van der Waals surface area contributed by atoms with Gasteiger partial charge in [-0.1, -0.05) is 158 Å². The number of aromatic nitrogens is 1. The van der Waals surface area contributed by atoms with Crippen LogP contribution in [0, 0.1) is 0 Å². The van der Waals surface area contributed by atoms with Gasteiger partial charge in [0.1, 0.15) is 16.2 Å². The molecule has 0 saturated heterocycles. The van der Waals surface area contributed by atoms with Gasteiger partial charge in [-0.05, 0) is 105 Å². The molecule has 4 heteroatoms. The second kappa shape index (κ2) is 13.8. The van der Waals surface area contributed by atoms with Crippen LogP contribution < -0.4 is 4.90 Å². The Kier molecular flexibility index (Phi) is 7.94. The Hall–Kier alpha value is -7.53. The molecule has 2 heterocycles. The number of rotatable bonds is 7. The van der Waals surface area contributed by atoms with Crippen LogP contribution in [0.25, 0.3) is 65.0 Å². The van der Waals surface area contributed by atoms with E-state index < -0.39 is 5.41 Å². The minimum Gasteiger partial charge on any atom is -0.456 e. The zero-order chi connectivity index (χ0) is 39.6. The van der Waals surface area contributed by atoms with Crippen molar-refractivity contribution in [1.29, 1.82) is 0 Å². The molecule has 12 rings (SSSR count). The zero-order valence-corrected chi connectivity index (χ0v) is 33.3. The minimum atomic E-state index is -0.479. The van der Waals surface area contributed by atoms with E-state index in [1.165, 1.54) is 38.1 Å². The molecule has 1 aliphatic carbocycles. The molecular formula is C56H36N2OS. The van der Waals surface area contributed by atoms with Gasteiger partial charge in [0.05, 0.1) is 26.7 Å². The molecule has 0 amide bonds. The van der Waals surface area contributed by atoms with Gasteiger partial charge >= 0.3 is 0 Å². The fraction of sp³-hybridized carbons (Fsp3) is 0.0179. The lowest BCUT2D eigenvalue weighted by atomic mass is 9.67. The quantitative estimate of drug-likeness (QED) is 0.161. The van der Waals surface area contributed by atoms with Crippen LogP contribution in [0.3, 0.4) is 0 Å². The van der Waals surface area contributed by atoms with E-state index in [0.29, 0.717) is 0 Å². The Balaban J connectivity index is 1.06. The molecule has 282 valence electrons. The van der Waals surface area contributed by atoms with Gasteiger partial charge in [0, 0.05) is 22.3 Å². The highest BCUT2D eigenvalue weighted by Gasteiger charge is 2.46. The third-order valence-corrected chi connectivity index (χ3v) is 13.2. The number of thiazole rings is 1. The van der Waals surface area contributed by atoms with Gasteiger partial charge in [0.25, 0.3) is 0 Å². The smallest absolute Gasteiger partial charge is 0.137 e. The van der Waals surface area contributed by atoms with Crippen LogP contribution in [0.5, 0.6) is 0 Å². The lowest BCUT2D eigenvalue weighted by Gasteiger charge is -2.34. The number of anilines is 3. The summed E-state index contributed by atoms with van der Waals surface area (Å²) in [5.41, 5.74) is 16.4. The number of hydrogen-bond acceptors (Lipinski definition) is 4. The summed E-state index contributed by atoms with van der Waals surface area (Å²) in [6, 6.07) is 78.9. The molecule has 0 N–H and O–H groups in total. The molecular weight excluding hydrogens is 749 g/mol. The highest BCUT2D eigenvalue weighted by Crippen LogP contribution is 2.57. The molecule has 60 heavy (non-hydrogen) atoms. The predicted octanol–water partition coefficient (Wildman–Crippen LogP) is 15.4. The number of furan rings is 1. The second-order valence-electron chi connectivity index (χ2n) is 15.5. The molecule has 0 bridgehead atoms. The molecule has 0 fully saturated rings. The van der Waals surface area contributed by atoms with E-state index in [4.69, 9.17) is 9.40 Å². The highest BCUT2D eigenvalue weighted by molar-refractivity contribution is 7.21. The lowest BCUT2D eigenvalue weighted by molar-refractivity contribution is 0.669. The van der Waals surface area contributed by atoms with E-state index in [1.54, 1.807) is 11.3 Å². The molecule has 11 aromatic rings. The van der Waals surface area contributed by atoms with E-state index in [-0.39, 0.29) is 0 Å². The Labute approximate surface area is 352 Å². The summed E-state index contributed by atoms with van der Waals surface area (Å²) in [5.74, 6) is 0. The summed E-state index contributed by atoms with van der Waals surface area (Å²) >= 11 is 1.72. The van der Waals surface area contributed by atoms with E-state index >= 15 is 0 Å². The number of fused-ring (bicyclic) bond motifs is 7. The first kappa shape index (κ1) is 34.5. The minimum absolute atomic E-state index is 0.479. The van der Waals surface area contributed by atoms with Crippen molar-refractivity contribution in [3.05, 3.63) is 241 Å². The fourth-order valence-electron chi connectivity index (χ4n) is 9.59. The number of nitrogens with zero attached hydrogens (tertiary/aromatic N) is 2. The number of hydrogen-bond donors (Lipinski definition) is 0. The first-order valence-electron chi connectivity index (χ1n) is 20.4. The summed E-state index contributed by atoms with van der Waals surface area (Å²) < 4.78 is 7.64. The van der Waals surface area contributed by atoms with Crippen molar-refractivity contribution in [1.82, 2.24) is 4.98 Å². The Morgan fingerprint density at radius 2 is 1.07 bits per heavy atom. The van der Waals surface area contributed by atoms with Gasteiger partial charge in [-0.15, -0.1) is 11.3 Å². The van der Waals surface area contributed by atoms with E-state index in [0.717, 1.165) is 66.2 Å². The summed E-state index contributed by atoms with van der Waals surface area (Å²) in [5, 5.41) is 3.16. The fourth-order valence-corrected chi connectivity index (χ4v) is 10.6. The molecule has 0 unspecified atom stereocenters. The molecule has 0 saturated carbocycles. The van der Waals surface area contributed by atoms with Crippen LogP contribution in [-0.4, -0.2) is 4.98 Å². The van der Waals surface area contributed by atoms with Crippen molar-refractivity contribution in [2.24, 2.45) is 0 Å². The standard InChI is InChI=1S/C56H36N2OS/c1-3-18-40(19-4-1)56(41-20-5-2-6-21-41)47-26-9-7-24-44(47)45-33-32-38(36-48(45)56)37-16-13-22-42(34-37)58(50-28-15-30-52-54(50)46-25-8-11-29-51(46)59-52)43-23-14-17-39(35-43)55-57-49-27-10-12-31-53(49)60-55/h1-36H. The van der Waals surface area contributed by atoms with Crippen LogP contribution in [0.2, 0.25) is 0 Å². The van der Waals surface area contributed by atoms with Crippen LogP contribution in [0.1, 0.15) is 22.3 Å². The van der Waals surface area contributed by atoms with Gasteiger partial charge in [-0.25, -0.2) is 4.98 Å². The Morgan fingerprint density at radius 1 is 0.450 bits per heavy atom. The highest BCUT2D eigenvalue weighted by atomic mass is 32.1. The monoisotopic (exact) mass is 784 g/mol. The summed E-state index contributed by atoms with van der Waals surface area (Å²) in [7, 11) is 0. The van der Waals surface area contributed by atoms with Gasteiger partial charge in [0.15, 0.2) is 0 Å². The molecule has 0 aliphatic heterocycles. The maximum absolute atomic E-state index is 6.46. The zero-order valence-electron chi connectivity index (χ0n) is 32.5. The van der Waals surface area contributed by atoms with E-state index in [9.17, 15) is 0 Å². The van der Waals surface area contributed by atoms with Gasteiger partial charge in [-0.2, -0.15) is 0 Å². The van der Waals surface area contributed by atoms with Crippen LogP contribution in [-0.2, 0) is 5.41 Å². The average Bonchev–Trinajstić information content (AvgIpc) is 4.01. The molecule has 9 aromatic carbocycles. The average molecular weight is 785 g/mol. The predicted molar refractivity (Wildman–Crippen MR) is 250 cm³/mol. The van der Waals surface area contributed by atoms with Crippen molar-refractivity contribution in [3.63, 3.8) is 0 Å². The normalized spacial score (nSPS) is 12.8. The molecule has 1 aliphatic rings. The summed E-state index contributed by atoms with van der Waals surface area (Å²) in [6.07, 6.45) is 0. The van der Waals surface area contributed by atoms with Gasteiger partial charge in [0.2, 0.25) is 0 Å². The SMILES string of the molecule is c1ccc(C2(c3ccccc3)c3ccccc3-c3ccc(-c4cccc(N(c5cccc(-c6nc7ccccc7s6)c5)c5cccc6oc7ccccc7c56)c4)cc32)cc1. The first-order chi connectivity index (χ1) is 29.7. The molecule has 0 spiro atoms. The van der Waals surface area contributed by atoms with Crippen molar-refractivity contribution in [2.75, 3.05) is 4.90 Å². The van der Waals surface area contributed by atoms with Crippen molar-refractivity contribution < 1.29 is 4.42 Å². The van der Waals surface area contributed by atoms with Crippen LogP contribution in [0.15, 0.2) is 223 Å². The number of benzene rings is 9. The second-order valence-corrected chi connectivity index (χ2v) is 16.5. The maximum Gasteiger partial charge on any atom is 0.137 e. The number of para-hydroxylation sites is 2. The topological polar surface area (TPSA) is 29.3 Å². The van der Waals surface area contributed by atoms with Crippen molar-refractivity contribution >= 4 is 60.6 Å².